The van der Waals surface area contributed by atoms with Crippen LogP contribution >= 0.6 is 0 Å². The maximum absolute atomic E-state index is 12.4. The zero-order chi connectivity index (χ0) is 19.2. The Morgan fingerprint density at radius 1 is 0.875 bits per heavy atom. The van der Waals surface area contributed by atoms with Gasteiger partial charge in [-0.05, 0) is 30.0 Å². The molecule has 0 aromatic heterocycles. The zero-order valence-electron chi connectivity index (χ0n) is 17.9. The molecule has 24 heavy (non-hydrogen) atoms. The molecule has 0 saturated carbocycles. The number of hydrogen-bond donors (Lipinski definition) is 0. The van der Waals surface area contributed by atoms with Crippen LogP contribution in [0.3, 0.4) is 0 Å². The van der Waals surface area contributed by atoms with Crippen molar-refractivity contribution < 1.29 is 4.39 Å². The van der Waals surface area contributed by atoms with Crippen molar-refractivity contribution in [1.82, 2.24) is 0 Å². The normalized spacial score (nSPS) is 10.2. The van der Waals surface area contributed by atoms with E-state index in [0.29, 0.717) is 0 Å². The van der Waals surface area contributed by atoms with E-state index in [1.165, 1.54) is 51.0 Å². The summed E-state index contributed by atoms with van der Waals surface area (Å²) in [6, 6.07) is 6.66. The summed E-state index contributed by atoms with van der Waals surface area (Å²) in [6.45, 7) is 17.2. The van der Waals surface area contributed by atoms with E-state index < -0.39 is 0 Å². The van der Waals surface area contributed by atoms with Crippen molar-refractivity contribution in [1.29, 1.82) is 0 Å². The van der Waals surface area contributed by atoms with Crippen molar-refractivity contribution in [3.05, 3.63) is 35.6 Å². The van der Waals surface area contributed by atoms with Crippen molar-refractivity contribution in [2.45, 2.75) is 107 Å². The highest BCUT2D eigenvalue weighted by Gasteiger charge is 1.95. The molecule has 1 aromatic carbocycles. The third kappa shape index (κ3) is 23.4. The van der Waals surface area contributed by atoms with Gasteiger partial charge in [0, 0.05) is 0 Å². The van der Waals surface area contributed by atoms with Gasteiger partial charge in [-0.3, -0.25) is 0 Å². The number of aryl methyl sites for hydroxylation is 1. The van der Waals surface area contributed by atoms with E-state index in [-0.39, 0.29) is 5.82 Å². The minimum absolute atomic E-state index is 0.144. The highest BCUT2D eigenvalue weighted by molar-refractivity contribution is 5.15. The predicted octanol–water partition coefficient (Wildman–Crippen LogP) is 8.83. The number of rotatable bonds is 7. The Hall–Kier alpha value is -0.850. The summed E-state index contributed by atoms with van der Waals surface area (Å²) < 4.78 is 12.4. The fourth-order valence-corrected chi connectivity index (χ4v) is 1.70. The molecule has 0 heterocycles. The Kier molecular flexibility index (Phi) is 28.4. The smallest absolute Gasteiger partial charge is 0.123 e. The second-order valence-corrected chi connectivity index (χ2v) is 5.99. The van der Waals surface area contributed by atoms with Crippen molar-refractivity contribution in [2.24, 2.45) is 5.92 Å². The van der Waals surface area contributed by atoms with Gasteiger partial charge >= 0.3 is 0 Å². The molecule has 1 aromatic rings. The second-order valence-electron chi connectivity index (χ2n) is 5.99. The fraction of sp³-hybridized carbons (Fsp3) is 0.739. The summed E-state index contributed by atoms with van der Waals surface area (Å²) in [5.74, 6) is 0.811. The maximum atomic E-state index is 12.4. The van der Waals surface area contributed by atoms with Crippen LogP contribution in [-0.2, 0) is 6.42 Å². The van der Waals surface area contributed by atoms with Gasteiger partial charge in [-0.2, -0.15) is 0 Å². The molecule has 0 amide bonds. The predicted molar refractivity (Wildman–Crippen MR) is 111 cm³/mol. The van der Waals surface area contributed by atoms with Crippen LogP contribution in [0.15, 0.2) is 24.3 Å². The maximum Gasteiger partial charge on any atom is 0.123 e. The molecule has 0 aliphatic rings. The highest BCUT2D eigenvalue weighted by Crippen LogP contribution is 2.11. The van der Waals surface area contributed by atoms with Gasteiger partial charge in [0.15, 0.2) is 0 Å². The minimum Gasteiger partial charge on any atom is -0.207 e. The summed E-state index contributed by atoms with van der Waals surface area (Å²) in [5.41, 5.74) is 1.05. The van der Waals surface area contributed by atoms with Crippen LogP contribution in [0.1, 0.15) is 106 Å². The van der Waals surface area contributed by atoms with Gasteiger partial charge in [0.25, 0.3) is 0 Å². The average Bonchev–Trinajstić information content (AvgIpc) is 2.64. The van der Waals surface area contributed by atoms with Crippen LogP contribution in [0.25, 0.3) is 0 Å². The molecule has 0 nitrogen and oxygen atoms in total. The number of hydrogen-bond acceptors (Lipinski definition) is 0. The van der Waals surface area contributed by atoms with Crippen molar-refractivity contribution in [2.75, 3.05) is 0 Å². The first kappa shape index (κ1) is 28.0. The molecular formula is C23H45F. The lowest BCUT2D eigenvalue weighted by Gasteiger charge is -2.05. The molecule has 0 N–H and O–H groups in total. The Bertz CT molecular complexity index is 318. The zero-order valence-corrected chi connectivity index (χ0v) is 17.9. The molecular weight excluding hydrogens is 295 g/mol. The molecule has 0 aliphatic heterocycles. The number of halogens is 1. The first-order valence-electron chi connectivity index (χ1n) is 10.3. The van der Waals surface area contributed by atoms with Crippen LogP contribution in [0.2, 0.25) is 0 Å². The summed E-state index contributed by atoms with van der Waals surface area (Å²) in [4.78, 5) is 0. The second kappa shape index (κ2) is 24.4. The fourth-order valence-electron chi connectivity index (χ4n) is 1.70. The van der Waals surface area contributed by atoms with E-state index in [4.69, 9.17) is 0 Å². The van der Waals surface area contributed by atoms with Crippen LogP contribution < -0.4 is 0 Å². The minimum atomic E-state index is -0.144. The van der Waals surface area contributed by atoms with Crippen LogP contribution in [-0.4, -0.2) is 0 Å². The van der Waals surface area contributed by atoms with Crippen molar-refractivity contribution >= 4 is 0 Å². The summed E-state index contributed by atoms with van der Waals surface area (Å²) in [6.07, 6.45) is 10.5. The molecule has 0 saturated heterocycles. The van der Waals surface area contributed by atoms with E-state index in [1.807, 2.05) is 26.8 Å². The molecule has 0 unspecified atom stereocenters. The lowest BCUT2D eigenvalue weighted by molar-refractivity contribution is 0.482. The van der Waals surface area contributed by atoms with Gasteiger partial charge in [0.1, 0.15) is 5.82 Å². The topological polar surface area (TPSA) is 0 Å². The Balaban J connectivity index is -0.000000279. The molecule has 0 radical (unpaired) electrons. The van der Waals surface area contributed by atoms with Gasteiger partial charge in [-0.1, -0.05) is 112 Å². The summed E-state index contributed by atoms with van der Waals surface area (Å²) in [5, 5.41) is 0. The first-order valence-corrected chi connectivity index (χ1v) is 10.3. The van der Waals surface area contributed by atoms with Crippen molar-refractivity contribution in [3.8, 4) is 0 Å². The molecule has 0 aliphatic carbocycles. The van der Waals surface area contributed by atoms with Gasteiger partial charge < -0.3 is 0 Å². The number of unbranched alkanes of at least 4 members (excludes halogenated alkanes) is 3. The molecule has 0 bridgehead atoms. The van der Waals surface area contributed by atoms with Crippen LogP contribution in [0, 0.1) is 11.7 Å². The number of benzene rings is 1. The molecule has 1 heteroatoms. The summed E-state index contributed by atoms with van der Waals surface area (Å²) in [7, 11) is 0. The molecule has 144 valence electrons. The van der Waals surface area contributed by atoms with Crippen molar-refractivity contribution in [3.63, 3.8) is 0 Å². The third-order valence-electron chi connectivity index (χ3n) is 3.79. The molecule has 0 fully saturated rings. The Morgan fingerprint density at radius 2 is 1.46 bits per heavy atom. The Morgan fingerprint density at radius 3 is 1.79 bits per heavy atom. The standard InChI is InChI=1S/C9H20.C8H9F.C4H10.C2H6/c1-4-6-7-8-9(3)5-2;1-2-7-4-3-5-8(9)6-7;1-3-4-2;1-2/h9H,4-8H2,1-3H3;3-6H,2H2,1H3;3-4H2,1-2H3;1-2H3/t9-;;;/m1.../s1. The first-order chi connectivity index (χ1) is 11.5. The van der Waals surface area contributed by atoms with Gasteiger partial charge in [0.05, 0.1) is 0 Å². The Labute approximate surface area is 153 Å². The van der Waals surface area contributed by atoms with E-state index in [2.05, 4.69) is 34.6 Å². The lowest BCUT2D eigenvalue weighted by atomic mass is 10.0. The quantitative estimate of drug-likeness (QED) is 0.435. The van der Waals surface area contributed by atoms with Crippen LogP contribution in [0.4, 0.5) is 4.39 Å². The van der Waals surface area contributed by atoms with Crippen LogP contribution in [0.5, 0.6) is 0 Å². The average molecular weight is 341 g/mol. The van der Waals surface area contributed by atoms with Gasteiger partial charge in [-0.25, -0.2) is 4.39 Å². The SMILES string of the molecule is CC.CCCC.CCCCC[C@H](C)CC.CCc1cccc(F)c1. The van der Waals surface area contributed by atoms with Gasteiger partial charge in [-0.15, -0.1) is 0 Å². The van der Waals surface area contributed by atoms with E-state index in [9.17, 15) is 4.39 Å². The van der Waals surface area contributed by atoms with E-state index >= 15 is 0 Å². The lowest BCUT2D eigenvalue weighted by Crippen LogP contribution is -1.90. The highest BCUT2D eigenvalue weighted by atomic mass is 19.1. The van der Waals surface area contributed by atoms with Gasteiger partial charge in [0.2, 0.25) is 0 Å². The molecule has 1 atom stereocenters. The summed E-state index contributed by atoms with van der Waals surface area (Å²) >= 11 is 0. The van der Waals surface area contributed by atoms with E-state index in [1.54, 1.807) is 12.1 Å². The largest absolute Gasteiger partial charge is 0.207 e. The monoisotopic (exact) mass is 340 g/mol. The molecule has 0 spiro atoms. The van der Waals surface area contributed by atoms with E-state index in [0.717, 1.165) is 17.9 Å². The molecule has 1 rings (SSSR count). The third-order valence-corrected chi connectivity index (χ3v) is 3.79.